The summed E-state index contributed by atoms with van der Waals surface area (Å²) >= 11 is 0. The molecular weight excluding hydrogens is 162 g/mol. The van der Waals surface area contributed by atoms with E-state index in [1.807, 2.05) is 6.08 Å². The van der Waals surface area contributed by atoms with Crippen molar-refractivity contribution in [2.45, 2.75) is 50.3 Å². The lowest BCUT2D eigenvalue weighted by molar-refractivity contribution is 0.0987. The van der Waals surface area contributed by atoms with Crippen LogP contribution in [0.3, 0.4) is 0 Å². The molecule has 3 atom stereocenters. The average Bonchev–Trinajstić information content (AvgIpc) is 2.44. The van der Waals surface area contributed by atoms with Gasteiger partial charge in [0, 0.05) is 12.1 Å². The fourth-order valence-electron chi connectivity index (χ4n) is 2.83. The van der Waals surface area contributed by atoms with Crippen LogP contribution in [0.15, 0.2) is 12.7 Å². The lowest BCUT2D eigenvalue weighted by Crippen LogP contribution is -2.41. The normalized spacial score (nSPS) is 40.2. The highest BCUT2D eigenvalue weighted by atomic mass is 16.3. The van der Waals surface area contributed by atoms with Gasteiger partial charge in [0.15, 0.2) is 0 Å². The summed E-state index contributed by atoms with van der Waals surface area (Å²) in [5.41, 5.74) is 0. The Morgan fingerprint density at radius 1 is 1.46 bits per heavy atom. The van der Waals surface area contributed by atoms with Crippen LogP contribution in [-0.2, 0) is 0 Å². The number of aliphatic hydroxyl groups excluding tert-OH is 1. The first kappa shape index (κ1) is 9.22. The zero-order chi connectivity index (χ0) is 9.26. The quantitative estimate of drug-likeness (QED) is 0.653. The molecule has 2 aliphatic heterocycles. The molecule has 13 heavy (non-hydrogen) atoms. The van der Waals surface area contributed by atoms with Crippen LogP contribution in [0.25, 0.3) is 0 Å². The van der Waals surface area contributed by atoms with Crippen molar-refractivity contribution in [1.82, 2.24) is 4.90 Å². The van der Waals surface area contributed by atoms with E-state index in [1.165, 1.54) is 25.8 Å². The highest BCUT2D eigenvalue weighted by Gasteiger charge is 2.39. The number of nitrogens with zero attached hydrogens (tertiary/aromatic N) is 1. The second-order valence-electron chi connectivity index (χ2n) is 4.28. The highest BCUT2D eigenvalue weighted by molar-refractivity contribution is 4.98. The van der Waals surface area contributed by atoms with Crippen molar-refractivity contribution in [2.24, 2.45) is 0 Å². The molecule has 2 aliphatic rings. The van der Waals surface area contributed by atoms with Crippen LogP contribution < -0.4 is 0 Å². The molecule has 0 bridgehead atoms. The van der Waals surface area contributed by atoms with E-state index >= 15 is 0 Å². The summed E-state index contributed by atoms with van der Waals surface area (Å²) in [6.07, 6.45) is 7.68. The van der Waals surface area contributed by atoms with Crippen LogP contribution in [0.4, 0.5) is 0 Å². The van der Waals surface area contributed by atoms with Crippen molar-refractivity contribution in [3.63, 3.8) is 0 Å². The van der Waals surface area contributed by atoms with Gasteiger partial charge in [-0.3, -0.25) is 4.90 Å². The lowest BCUT2D eigenvalue weighted by Gasteiger charge is -2.33. The summed E-state index contributed by atoms with van der Waals surface area (Å²) in [4.78, 5) is 2.50. The van der Waals surface area contributed by atoms with Crippen molar-refractivity contribution in [1.29, 1.82) is 0 Å². The van der Waals surface area contributed by atoms with Crippen LogP contribution in [0, 0.1) is 0 Å². The Labute approximate surface area is 80.2 Å². The van der Waals surface area contributed by atoms with E-state index in [9.17, 15) is 5.11 Å². The maximum atomic E-state index is 9.86. The molecule has 2 rings (SSSR count). The third kappa shape index (κ3) is 1.65. The molecule has 0 radical (unpaired) electrons. The lowest BCUT2D eigenvalue weighted by atomic mass is 10.0. The Hall–Kier alpha value is -0.340. The van der Waals surface area contributed by atoms with Crippen LogP contribution in [0.5, 0.6) is 0 Å². The number of rotatable bonds is 2. The molecule has 2 heterocycles. The molecule has 2 fully saturated rings. The standard InChI is InChI=1S/C11H19NO/c1-2-5-10-11(13)8-9-6-3-4-7-12(9)10/h2,9-11,13H,1,3-8H2/t9-,10+,11+/m1/s1. The zero-order valence-electron chi connectivity index (χ0n) is 8.15. The Bertz CT molecular complexity index is 193. The van der Waals surface area contributed by atoms with Crippen LogP contribution in [0.1, 0.15) is 32.1 Å². The van der Waals surface area contributed by atoms with Gasteiger partial charge in [0.05, 0.1) is 6.10 Å². The first-order valence-corrected chi connectivity index (χ1v) is 5.37. The second-order valence-corrected chi connectivity index (χ2v) is 4.28. The van der Waals surface area contributed by atoms with Gasteiger partial charge in [-0.15, -0.1) is 6.58 Å². The summed E-state index contributed by atoms with van der Waals surface area (Å²) < 4.78 is 0. The summed E-state index contributed by atoms with van der Waals surface area (Å²) in [6.45, 7) is 4.94. The zero-order valence-corrected chi connectivity index (χ0v) is 8.15. The summed E-state index contributed by atoms with van der Waals surface area (Å²) in [5.74, 6) is 0. The minimum atomic E-state index is -0.110. The van der Waals surface area contributed by atoms with E-state index in [2.05, 4.69) is 11.5 Å². The van der Waals surface area contributed by atoms with E-state index < -0.39 is 0 Å². The molecule has 0 aliphatic carbocycles. The molecule has 0 aromatic heterocycles. The van der Waals surface area contributed by atoms with Crippen molar-refractivity contribution in [3.05, 3.63) is 12.7 Å². The second kappa shape index (κ2) is 3.81. The number of hydrogen-bond acceptors (Lipinski definition) is 2. The number of aliphatic hydroxyl groups is 1. The Kier molecular flexibility index (Phi) is 2.70. The maximum absolute atomic E-state index is 9.86. The molecule has 74 valence electrons. The summed E-state index contributed by atoms with van der Waals surface area (Å²) in [5, 5.41) is 9.86. The number of hydrogen-bond donors (Lipinski definition) is 1. The molecule has 2 heteroatoms. The SMILES string of the molecule is C=CC[C@H]1[C@@H](O)C[C@H]2CCCCN21. The summed E-state index contributed by atoms with van der Waals surface area (Å²) in [6, 6.07) is 1.02. The topological polar surface area (TPSA) is 23.5 Å². The molecule has 2 nitrogen and oxygen atoms in total. The van der Waals surface area contributed by atoms with Gasteiger partial charge in [0.25, 0.3) is 0 Å². The molecule has 0 aromatic carbocycles. The van der Waals surface area contributed by atoms with Crippen molar-refractivity contribution >= 4 is 0 Å². The first-order chi connectivity index (χ1) is 6.33. The summed E-state index contributed by atoms with van der Waals surface area (Å²) in [7, 11) is 0. The van der Waals surface area contributed by atoms with E-state index in [4.69, 9.17) is 0 Å². The molecule has 2 saturated heterocycles. The average molecular weight is 181 g/mol. The van der Waals surface area contributed by atoms with Crippen LogP contribution in [0.2, 0.25) is 0 Å². The van der Waals surface area contributed by atoms with Crippen molar-refractivity contribution in [3.8, 4) is 0 Å². The van der Waals surface area contributed by atoms with E-state index in [1.54, 1.807) is 0 Å². The molecule has 0 aromatic rings. The van der Waals surface area contributed by atoms with Gasteiger partial charge in [0.2, 0.25) is 0 Å². The Balaban J connectivity index is 2.04. The predicted octanol–water partition coefficient (Wildman–Crippen LogP) is 1.55. The Morgan fingerprint density at radius 2 is 2.31 bits per heavy atom. The fraction of sp³-hybridized carbons (Fsp3) is 0.818. The third-order valence-electron chi connectivity index (χ3n) is 3.46. The van der Waals surface area contributed by atoms with E-state index in [0.717, 1.165) is 12.8 Å². The van der Waals surface area contributed by atoms with Gasteiger partial charge in [-0.2, -0.15) is 0 Å². The molecule has 0 spiro atoms. The number of fused-ring (bicyclic) bond motifs is 1. The minimum Gasteiger partial charge on any atom is -0.391 e. The van der Waals surface area contributed by atoms with Gasteiger partial charge in [0.1, 0.15) is 0 Å². The van der Waals surface area contributed by atoms with Gasteiger partial charge in [-0.05, 0) is 32.2 Å². The van der Waals surface area contributed by atoms with E-state index in [0.29, 0.717) is 12.1 Å². The highest BCUT2D eigenvalue weighted by Crippen LogP contribution is 2.33. The van der Waals surface area contributed by atoms with Gasteiger partial charge in [-0.25, -0.2) is 0 Å². The molecule has 1 N–H and O–H groups in total. The van der Waals surface area contributed by atoms with Crippen molar-refractivity contribution in [2.75, 3.05) is 6.54 Å². The fourth-order valence-corrected chi connectivity index (χ4v) is 2.83. The molecular formula is C11H19NO. The van der Waals surface area contributed by atoms with E-state index in [-0.39, 0.29) is 6.10 Å². The Morgan fingerprint density at radius 3 is 3.08 bits per heavy atom. The van der Waals surface area contributed by atoms with Crippen molar-refractivity contribution < 1.29 is 5.11 Å². The van der Waals surface area contributed by atoms with Crippen LogP contribution >= 0.6 is 0 Å². The van der Waals surface area contributed by atoms with Gasteiger partial charge >= 0.3 is 0 Å². The predicted molar refractivity (Wildman–Crippen MR) is 53.6 cm³/mol. The smallest absolute Gasteiger partial charge is 0.0713 e. The van der Waals surface area contributed by atoms with Crippen LogP contribution in [-0.4, -0.2) is 34.7 Å². The monoisotopic (exact) mass is 181 g/mol. The number of piperidine rings is 1. The van der Waals surface area contributed by atoms with Gasteiger partial charge < -0.3 is 5.11 Å². The maximum Gasteiger partial charge on any atom is 0.0713 e. The largest absolute Gasteiger partial charge is 0.391 e. The molecule has 0 saturated carbocycles. The minimum absolute atomic E-state index is 0.110. The first-order valence-electron chi connectivity index (χ1n) is 5.37. The molecule has 0 unspecified atom stereocenters. The third-order valence-corrected chi connectivity index (χ3v) is 3.46. The van der Waals surface area contributed by atoms with Gasteiger partial charge in [-0.1, -0.05) is 12.5 Å². The molecule has 0 amide bonds.